The van der Waals surface area contributed by atoms with Gasteiger partial charge in [0, 0.05) is 49.6 Å². The third-order valence-corrected chi connectivity index (χ3v) is 6.75. The summed E-state index contributed by atoms with van der Waals surface area (Å²) in [5, 5.41) is 13.9. The Balaban J connectivity index is 1.93. The number of rotatable bonds is 6. The number of carbonyl (C=O) groups is 1. The number of aromatic nitrogens is 1. The number of nitrogens with zero attached hydrogens (tertiary/aromatic N) is 2. The van der Waals surface area contributed by atoms with E-state index < -0.39 is 51.6 Å². The Bertz CT molecular complexity index is 1010. The number of pyridine rings is 1. The molecule has 2 aromatic rings. The van der Waals surface area contributed by atoms with E-state index in [9.17, 15) is 38.1 Å². The van der Waals surface area contributed by atoms with Crippen molar-refractivity contribution in [3.8, 4) is 0 Å². The van der Waals surface area contributed by atoms with E-state index in [1.54, 1.807) is 0 Å². The zero-order chi connectivity index (χ0) is 24.8. The normalized spacial score (nSPS) is 20.8. The standard InChI is InChI=1S/C20H22F7N3O2S/c1-30(16-4-6-17(7-5-16)33(23,24,25,26)27)20(32,14-3-2-12-28-13-14)18(31)29-15-8-10-19(21,22)11-9-15/h2-7,12-13,15,32H,8-11H2,1H3,(H,29,31). The van der Waals surface area contributed by atoms with Crippen molar-refractivity contribution in [2.75, 3.05) is 11.9 Å². The van der Waals surface area contributed by atoms with Crippen LogP contribution in [-0.4, -0.2) is 35.0 Å². The number of carbonyl (C=O) groups excluding carboxylic acids is 1. The van der Waals surface area contributed by atoms with Crippen LogP contribution in [0.2, 0.25) is 0 Å². The van der Waals surface area contributed by atoms with E-state index in [1.165, 1.54) is 25.4 Å². The van der Waals surface area contributed by atoms with Crippen molar-refractivity contribution < 1.29 is 38.1 Å². The van der Waals surface area contributed by atoms with Crippen molar-refractivity contribution in [2.45, 2.75) is 48.3 Å². The minimum absolute atomic E-state index is 0.0375. The summed E-state index contributed by atoms with van der Waals surface area (Å²) in [6, 6.07) is 3.80. The second kappa shape index (κ2) is 7.49. The Morgan fingerprint density at radius 1 is 1.12 bits per heavy atom. The number of anilines is 1. The van der Waals surface area contributed by atoms with E-state index in [1.807, 2.05) is 0 Å². The highest BCUT2D eigenvalue weighted by Crippen LogP contribution is 3.02. The molecule has 1 aliphatic rings. The lowest BCUT2D eigenvalue weighted by atomic mass is 9.91. The molecule has 0 radical (unpaired) electrons. The highest BCUT2D eigenvalue weighted by molar-refractivity contribution is 8.45. The van der Waals surface area contributed by atoms with Crippen molar-refractivity contribution >= 4 is 21.8 Å². The van der Waals surface area contributed by atoms with E-state index in [0.717, 1.165) is 11.1 Å². The lowest BCUT2D eigenvalue weighted by molar-refractivity contribution is -0.142. The molecular formula is C20H22F7N3O2S. The van der Waals surface area contributed by atoms with Crippen LogP contribution in [0.3, 0.4) is 0 Å². The fraction of sp³-hybridized carbons (Fsp3) is 0.400. The number of hydrogen-bond acceptors (Lipinski definition) is 4. The van der Waals surface area contributed by atoms with Crippen LogP contribution >= 0.6 is 10.2 Å². The number of amides is 1. The van der Waals surface area contributed by atoms with E-state index >= 15 is 0 Å². The third kappa shape index (κ3) is 5.52. The molecule has 0 saturated heterocycles. The summed E-state index contributed by atoms with van der Waals surface area (Å²) in [6.45, 7) is 0. The summed E-state index contributed by atoms with van der Waals surface area (Å²) in [7, 11) is -8.73. The molecule has 0 aliphatic heterocycles. The summed E-state index contributed by atoms with van der Waals surface area (Å²) in [4.78, 5) is 15.7. The largest absolute Gasteiger partial charge is 0.359 e. The van der Waals surface area contributed by atoms with Crippen LogP contribution in [0.1, 0.15) is 31.2 Å². The number of benzene rings is 1. The van der Waals surface area contributed by atoms with Crippen molar-refractivity contribution in [3.63, 3.8) is 0 Å². The summed E-state index contributed by atoms with van der Waals surface area (Å²) in [5.74, 6) is -3.87. The second-order valence-corrected chi connectivity index (χ2v) is 10.4. The van der Waals surface area contributed by atoms with Gasteiger partial charge in [-0.1, -0.05) is 25.5 Å². The topological polar surface area (TPSA) is 65.5 Å². The van der Waals surface area contributed by atoms with Crippen LogP contribution in [0.25, 0.3) is 0 Å². The van der Waals surface area contributed by atoms with E-state index in [2.05, 4.69) is 10.3 Å². The average molecular weight is 501 g/mol. The molecule has 1 heterocycles. The predicted octanol–water partition coefficient (Wildman–Crippen LogP) is 5.71. The first-order valence-corrected chi connectivity index (χ1v) is 11.8. The van der Waals surface area contributed by atoms with Crippen LogP contribution in [0.5, 0.6) is 0 Å². The van der Waals surface area contributed by atoms with Gasteiger partial charge in [-0.2, -0.15) is 0 Å². The molecule has 3 rings (SSSR count). The molecule has 13 heteroatoms. The Hall–Kier alpha value is -2.54. The van der Waals surface area contributed by atoms with Crippen molar-refractivity contribution in [3.05, 3.63) is 54.4 Å². The van der Waals surface area contributed by atoms with Gasteiger partial charge >= 0.3 is 10.2 Å². The van der Waals surface area contributed by atoms with Crippen molar-refractivity contribution in [1.82, 2.24) is 10.3 Å². The maximum absolute atomic E-state index is 13.4. The fourth-order valence-electron chi connectivity index (χ4n) is 3.63. The SMILES string of the molecule is CN(c1ccc(S(F)(F)(F)(F)F)cc1)C(O)(C(=O)NC1CCC(F)(F)CC1)c1cccnc1. The minimum Gasteiger partial charge on any atom is -0.359 e. The number of halogens is 7. The molecule has 1 aromatic carbocycles. The van der Waals surface area contributed by atoms with Crippen LogP contribution < -0.4 is 10.2 Å². The van der Waals surface area contributed by atoms with E-state index in [-0.39, 0.29) is 36.2 Å². The summed E-state index contributed by atoms with van der Waals surface area (Å²) < 4.78 is 92.0. The number of likely N-dealkylation sites (N-methyl/N-ethyl adjacent to an activating group) is 1. The second-order valence-electron chi connectivity index (χ2n) is 8.04. The first kappa shape index (κ1) is 25.1. The molecule has 2 N–H and O–H groups in total. The molecule has 33 heavy (non-hydrogen) atoms. The maximum atomic E-state index is 13.4. The van der Waals surface area contributed by atoms with E-state index in [0.29, 0.717) is 12.1 Å². The quantitative estimate of drug-likeness (QED) is 0.393. The monoisotopic (exact) mass is 501 g/mol. The third-order valence-electron chi connectivity index (χ3n) is 5.59. The number of hydrogen-bond donors (Lipinski definition) is 2. The van der Waals surface area contributed by atoms with Gasteiger partial charge in [-0.05, 0) is 43.2 Å². The molecule has 1 fully saturated rings. The predicted molar refractivity (Wildman–Crippen MR) is 110 cm³/mol. The lowest BCUT2D eigenvalue weighted by Crippen LogP contribution is -2.58. The molecule has 1 aromatic heterocycles. The molecule has 1 aliphatic carbocycles. The Morgan fingerprint density at radius 2 is 1.70 bits per heavy atom. The number of alkyl halides is 2. The van der Waals surface area contributed by atoms with Crippen LogP contribution in [0, 0.1) is 0 Å². The van der Waals surface area contributed by atoms with Gasteiger partial charge in [0.05, 0.1) is 0 Å². The summed E-state index contributed by atoms with van der Waals surface area (Å²) in [5.41, 5.74) is -2.77. The number of nitrogens with one attached hydrogen (secondary N) is 1. The van der Waals surface area contributed by atoms with Gasteiger partial charge in [-0.25, -0.2) is 8.78 Å². The molecule has 0 bridgehead atoms. The molecule has 1 unspecified atom stereocenters. The number of aliphatic hydroxyl groups is 1. The molecule has 0 spiro atoms. The van der Waals surface area contributed by atoms with Gasteiger partial charge in [0.1, 0.15) is 4.90 Å². The zero-order valence-electron chi connectivity index (χ0n) is 17.3. The lowest BCUT2D eigenvalue weighted by Gasteiger charge is -2.41. The molecule has 1 atom stereocenters. The first-order chi connectivity index (χ1) is 14.9. The highest BCUT2D eigenvalue weighted by Gasteiger charge is 2.65. The van der Waals surface area contributed by atoms with Crippen molar-refractivity contribution in [2.24, 2.45) is 0 Å². The van der Waals surface area contributed by atoms with Gasteiger partial charge in [0.2, 0.25) is 11.6 Å². The Morgan fingerprint density at radius 3 is 2.18 bits per heavy atom. The van der Waals surface area contributed by atoms with Gasteiger partial charge in [-0.15, -0.1) is 0 Å². The Kier molecular flexibility index (Phi) is 5.69. The van der Waals surface area contributed by atoms with E-state index in [4.69, 9.17) is 0 Å². The van der Waals surface area contributed by atoms with Gasteiger partial charge in [0.15, 0.2) is 0 Å². The van der Waals surface area contributed by atoms with Gasteiger partial charge in [-0.3, -0.25) is 9.78 Å². The minimum atomic E-state index is -9.91. The van der Waals surface area contributed by atoms with Gasteiger partial charge in [0.25, 0.3) is 5.91 Å². The first-order valence-electron chi connectivity index (χ1n) is 9.82. The smallest absolute Gasteiger partial charge is 0.310 e. The van der Waals surface area contributed by atoms with Gasteiger partial charge < -0.3 is 15.3 Å². The zero-order valence-corrected chi connectivity index (χ0v) is 18.1. The van der Waals surface area contributed by atoms with Crippen molar-refractivity contribution in [1.29, 1.82) is 0 Å². The van der Waals surface area contributed by atoms with Crippen LogP contribution in [-0.2, 0) is 10.5 Å². The molecular weight excluding hydrogens is 479 g/mol. The maximum Gasteiger partial charge on any atom is 0.310 e. The fourth-order valence-corrected chi connectivity index (χ4v) is 4.28. The molecule has 184 valence electrons. The summed E-state index contributed by atoms with van der Waals surface area (Å²) in [6.07, 6.45) is 1.53. The molecule has 5 nitrogen and oxygen atoms in total. The Labute approximate surface area is 185 Å². The highest BCUT2D eigenvalue weighted by atomic mass is 32.5. The summed E-state index contributed by atoms with van der Waals surface area (Å²) >= 11 is 0. The van der Waals surface area contributed by atoms with Crippen LogP contribution in [0.15, 0.2) is 53.7 Å². The molecule has 1 saturated carbocycles. The van der Waals surface area contributed by atoms with Crippen LogP contribution in [0.4, 0.5) is 33.9 Å². The molecule has 1 amide bonds. The average Bonchev–Trinajstić information content (AvgIpc) is 2.73.